The molecule has 0 amide bonds. The molecule has 0 aliphatic heterocycles. The van der Waals surface area contributed by atoms with Gasteiger partial charge in [0.15, 0.2) is 5.82 Å². The Morgan fingerprint density at radius 1 is 1.37 bits per heavy atom. The summed E-state index contributed by atoms with van der Waals surface area (Å²) in [6.45, 7) is 11.4. The first kappa shape index (κ1) is 15.6. The third-order valence-electron chi connectivity index (χ3n) is 3.78. The zero-order valence-corrected chi connectivity index (χ0v) is 12.4. The van der Waals surface area contributed by atoms with Crippen molar-refractivity contribution in [2.45, 2.75) is 59.5 Å². The topological polar surface area (TPSA) is 88.2 Å². The summed E-state index contributed by atoms with van der Waals surface area (Å²) in [6.07, 6.45) is 0. The monoisotopic (exact) mass is 269 g/mol. The highest BCUT2D eigenvalue weighted by Gasteiger charge is 2.43. The molecule has 0 saturated heterocycles. The van der Waals surface area contributed by atoms with E-state index in [0.717, 1.165) is 0 Å². The van der Waals surface area contributed by atoms with Crippen molar-refractivity contribution >= 4 is 5.97 Å². The van der Waals surface area contributed by atoms with Gasteiger partial charge in [-0.3, -0.25) is 4.79 Å². The molecular weight excluding hydrogens is 246 g/mol. The summed E-state index contributed by atoms with van der Waals surface area (Å²) >= 11 is 0. The highest BCUT2D eigenvalue weighted by Crippen LogP contribution is 2.30. The Labute approximate surface area is 113 Å². The summed E-state index contributed by atoms with van der Waals surface area (Å²) in [7, 11) is 0. The number of aromatic nitrogens is 2. The maximum Gasteiger partial charge on any atom is 0.310 e. The number of carbonyl (C=O) groups is 1. The molecule has 0 aliphatic carbocycles. The Hall–Kier alpha value is -1.43. The first-order chi connectivity index (χ1) is 8.58. The summed E-state index contributed by atoms with van der Waals surface area (Å²) in [5.41, 5.74) is -1.51. The van der Waals surface area contributed by atoms with Crippen LogP contribution < -0.4 is 5.32 Å². The van der Waals surface area contributed by atoms with Gasteiger partial charge in [-0.15, -0.1) is 0 Å². The average molecular weight is 269 g/mol. The molecule has 0 saturated carbocycles. The van der Waals surface area contributed by atoms with E-state index in [2.05, 4.69) is 15.5 Å². The molecule has 0 radical (unpaired) electrons. The second kappa shape index (κ2) is 5.28. The van der Waals surface area contributed by atoms with Crippen LogP contribution in [0.5, 0.6) is 0 Å². The van der Waals surface area contributed by atoms with Crippen molar-refractivity contribution in [1.82, 2.24) is 15.5 Å². The molecule has 0 spiro atoms. The van der Waals surface area contributed by atoms with Gasteiger partial charge in [0.05, 0.1) is 12.0 Å². The lowest BCUT2D eigenvalue weighted by Gasteiger charge is -2.38. The fraction of sp³-hybridized carbons (Fsp3) is 0.769. The van der Waals surface area contributed by atoms with Crippen molar-refractivity contribution < 1.29 is 14.4 Å². The SMILES string of the molecule is CC(C)c1noc(CNC(C)(C)C(C)(C)C(=O)O)n1. The van der Waals surface area contributed by atoms with E-state index in [0.29, 0.717) is 18.3 Å². The molecule has 0 fully saturated rings. The fourth-order valence-corrected chi connectivity index (χ4v) is 1.36. The Kier molecular flexibility index (Phi) is 4.35. The number of hydrogen-bond donors (Lipinski definition) is 2. The van der Waals surface area contributed by atoms with Crippen molar-refractivity contribution in [2.75, 3.05) is 0 Å². The molecule has 0 aromatic carbocycles. The molecule has 0 unspecified atom stereocenters. The standard InChI is InChI=1S/C13H23N3O3/c1-8(2)10-15-9(19-16-10)7-14-13(5,6)12(3,4)11(17)18/h8,14H,7H2,1-6H3,(H,17,18). The van der Waals surface area contributed by atoms with Crippen LogP contribution in [0.1, 0.15) is 59.2 Å². The summed E-state index contributed by atoms with van der Waals surface area (Å²) in [5.74, 6) is 0.490. The first-order valence-electron chi connectivity index (χ1n) is 6.39. The summed E-state index contributed by atoms with van der Waals surface area (Å²) in [6, 6.07) is 0. The lowest BCUT2D eigenvalue weighted by atomic mass is 9.74. The molecule has 6 nitrogen and oxygen atoms in total. The van der Waals surface area contributed by atoms with Crippen LogP contribution in [0.25, 0.3) is 0 Å². The smallest absolute Gasteiger partial charge is 0.310 e. The molecular formula is C13H23N3O3. The lowest BCUT2D eigenvalue weighted by Crippen LogP contribution is -2.54. The maximum absolute atomic E-state index is 11.3. The van der Waals surface area contributed by atoms with E-state index in [1.54, 1.807) is 13.8 Å². The highest BCUT2D eigenvalue weighted by atomic mass is 16.5. The predicted octanol–water partition coefficient (Wildman–Crippen LogP) is 2.17. The second-order valence-electron chi connectivity index (χ2n) is 6.11. The third-order valence-corrected chi connectivity index (χ3v) is 3.78. The number of rotatable bonds is 6. The van der Waals surface area contributed by atoms with E-state index in [-0.39, 0.29) is 5.92 Å². The normalized spacial score (nSPS) is 13.0. The Morgan fingerprint density at radius 3 is 2.37 bits per heavy atom. The van der Waals surface area contributed by atoms with E-state index in [1.807, 2.05) is 27.7 Å². The van der Waals surface area contributed by atoms with Crippen LogP contribution in [0.2, 0.25) is 0 Å². The van der Waals surface area contributed by atoms with Gasteiger partial charge in [0.25, 0.3) is 0 Å². The van der Waals surface area contributed by atoms with E-state index in [4.69, 9.17) is 4.52 Å². The predicted molar refractivity (Wildman–Crippen MR) is 70.7 cm³/mol. The molecule has 108 valence electrons. The second-order valence-corrected chi connectivity index (χ2v) is 6.11. The zero-order valence-electron chi connectivity index (χ0n) is 12.4. The summed E-state index contributed by atoms with van der Waals surface area (Å²) < 4.78 is 5.12. The molecule has 0 bridgehead atoms. The Morgan fingerprint density at radius 2 is 1.95 bits per heavy atom. The van der Waals surface area contributed by atoms with Gasteiger partial charge in [-0.25, -0.2) is 0 Å². The highest BCUT2D eigenvalue weighted by molar-refractivity contribution is 5.75. The molecule has 1 aromatic rings. The zero-order chi connectivity index (χ0) is 14.8. The van der Waals surface area contributed by atoms with Crippen LogP contribution >= 0.6 is 0 Å². The molecule has 1 aromatic heterocycles. The van der Waals surface area contributed by atoms with Gasteiger partial charge in [0, 0.05) is 11.5 Å². The van der Waals surface area contributed by atoms with Crippen molar-refractivity contribution in [3.8, 4) is 0 Å². The van der Waals surface area contributed by atoms with E-state index >= 15 is 0 Å². The van der Waals surface area contributed by atoms with E-state index < -0.39 is 16.9 Å². The lowest BCUT2D eigenvalue weighted by molar-refractivity contribution is -0.151. The molecule has 1 rings (SSSR count). The minimum atomic E-state index is -0.909. The van der Waals surface area contributed by atoms with Crippen LogP contribution in [0.15, 0.2) is 4.52 Å². The number of hydrogen-bond acceptors (Lipinski definition) is 5. The minimum absolute atomic E-state index is 0.209. The van der Waals surface area contributed by atoms with Crippen LogP contribution in [0, 0.1) is 5.41 Å². The summed E-state index contributed by atoms with van der Waals surface area (Å²) in [5, 5.41) is 16.3. The van der Waals surface area contributed by atoms with Crippen LogP contribution in [0.4, 0.5) is 0 Å². The van der Waals surface area contributed by atoms with Gasteiger partial charge < -0.3 is 14.9 Å². The number of aliphatic carboxylic acids is 1. The maximum atomic E-state index is 11.3. The van der Waals surface area contributed by atoms with E-state index in [1.165, 1.54) is 0 Å². The Bertz CT molecular complexity index is 450. The van der Waals surface area contributed by atoms with Gasteiger partial charge in [-0.1, -0.05) is 19.0 Å². The molecule has 6 heteroatoms. The molecule has 19 heavy (non-hydrogen) atoms. The van der Waals surface area contributed by atoms with Crippen molar-refractivity contribution in [3.63, 3.8) is 0 Å². The molecule has 1 heterocycles. The Balaban J connectivity index is 2.72. The van der Waals surface area contributed by atoms with E-state index in [9.17, 15) is 9.90 Å². The van der Waals surface area contributed by atoms with Gasteiger partial charge in [-0.05, 0) is 27.7 Å². The van der Waals surface area contributed by atoms with Gasteiger partial charge in [0.2, 0.25) is 5.89 Å². The molecule has 0 atom stereocenters. The molecule has 2 N–H and O–H groups in total. The van der Waals surface area contributed by atoms with Gasteiger partial charge >= 0.3 is 5.97 Å². The minimum Gasteiger partial charge on any atom is -0.481 e. The van der Waals surface area contributed by atoms with Crippen LogP contribution in [-0.2, 0) is 11.3 Å². The van der Waals surface area contributed by atoms with Gasteiger partial charge in [-0.2, -0.15) is 4.98 Å². The third kappa shape index (κ3) is 3.32. The summed E-state index contributed by atoms with van der Waals surface area (Å²) in [4.78, 5) is 15.5. The quantitative estimate of drug-likeness (QED) is 0.822. The van der Waals surface area contributed by atoms with Crippen molar-refractivity contribution in [2.24, 2.45) is 5.41 Å². The van der Waals surface area contributed by atoms with Crippen LogP contribution in [-0.4, -0.2) is 26.8 Å². The number of nitrogens with zero attached hydrogens (tertiary/aromatic N) is 2. The van der Waals surface area contributed by atoms with Crippen molar-refractivity contribution in [3.05, 3.63) is 11.7 Å². The van der Waals surface area contributed by atoms with Gasteiger partial charge in [0.1, 0.15) is 0 Å². The fourth-order valence-electron chi connectivity index (χ4n) is 1.36. The largest absolute Gasteiger partial charge is 0.481 e. The number of carboxylic acid groups (broad SMARTS) is 1. The number of carboxylic acids is 1. The van der Waals surface area contributed by atoms with Crippen molar-refractivity contribution in [1.29, 1.82) is 0 Å². The average Bonchev–Trinajstić information content (AvgIpc) is 2.74. The first-order valence-corrected chi connectivity index (χ1v) is 6.39. The van der Waals surface area contributed by atoms with Crippen LogP contribution in [0.3, 0.4) is 0 Å². The molecule has 0 aliphatic rings. The number of nitrogens with one attached hydrogen (secondary N) is 1.